The molecule has 0 aliphatic carbocycles. The predicted octanol–water partition coefficient (Wildman–Crippen LogP) is 4.70. The molecule has 2 aromatic carbocycles. The molecule has 2 aromatic rings. The van der Waals surface area contributed by atoms with Gasteiger partial charge in [0.2, 0.25) is 0 Å². The van der Waals surface area contributed by atoms with Gasteiger partial charge in [0.25, 0.3) is 0 Å². The van der Waals surface area contributed by atoms with Crippen LogP contribution in [0.5, 0.6) is 0 Å². The molecule has 2 nitrogen and oxygen atoms in total. The average Bonchev–Trinajstić information content (AvgIpc) is 2.96. The van der Waals surface area contributed by atoms with E-state index >= 15 is 0 Å². The molecule has 2 N–H and O–H groups in total. The highest BCUT2D eigenvalue weighted by Gasteiger charge is 2.34. The number of nitrogens with one attached hydrogen (secondary N) is 2. The highest BCUT2D eigenvalue weighted by Crippen LogP contribution is 2.42. The number of hydrogen-bond acceptors (Lipinski definition) is 2. The topological polar surface area (TPSA) is 24.1 Å². The molecule has 0 bridgehead atoms. The summed E-state index contributed by atoms with van der Waals surface area (Å²) in [5.74, 6) is 1.28. The number of rotatable bonds is 1. The second-order valence-corrected chi connectivity index (χ2v) is 7.13. The molecule has 114 valence electrons. The van der Waals surface area contributed by atoms with E-state index in [0.29, 0.717) is 21.9 Å². The van der Waals surface area contributed by atoms with Gasteiger partial charge in [-0.1, -0.05) is 29.3 Å². The van der Waals surface area contributed by atoms with E-state index in [1.807, 2.05) is 18.2 Å². The fraction of sp³-hybridized carbons (Fsp3) is 0.333. The molecule has 0 spiro atoms. The van der Waals surface area contributed by atoms with Gasteiger partial charge in [0.1, 0.15) is 0 Å². The maximum atomic E-state index is 6.40. The number of hydrogen-bond donors (Lipinski definition) is 2. The van der Waals surface area contributed by atoms with Crippen molar-refractivity contribution in [2.24, 2.45) is 5.92 Å². The first-order valence-corrected chi connectivity index (χ1v) is 8.43. The number of anilines is 1. The predicted molar refractivity (Wildman–Crippen MR) is 94.2 cm³/mol. The van der Waals surface area contributed by atoms with E-state index in [-0.39, 0.29) is 0 Å². The van der Waals surface area contributed by atoms with E-state index in [2.05, 4.69) is 29.7 Å². The molecule has 0 aromatic heterocycles. The van der Waals surface area contributed by atoms with Crippen molar-refractivity contribution < 1.29 is 0 Å². The lowest BCUT2D eigenvalue weighted by Gasteiger charge is -2.31. The Bertz CT molecular complexity index is 742. The van der Waals surface area contributed by atoms with Crippen LogP contribution in [0.1, 0.15) is 17.0 Å². The lowest BCUT2D eigenvalue weighted by atomic mass is 9.82. The number of aryl methyl sites for hydroxylation is 1. The fourth-order valence-corrected chi connectivity index (χ4v) is 4.29. The van der Waals surface area contributed by atoms with Gasteiger partial charge in [-0.3, -0.25) is 0 Å². The summed E-state index contributed by atoms with van der Waals surface area (Å²) in [6.07, 6.45) is 0. The van der Waals surface area contributed by atoms with Crippen LogP contribution in [-0.2, 0) is 0 Å². The van der Waals surface area contributed by atoms with E-state index in [1.54, 1.807) is 0 Å². The lowest BCUT2D eigenvalue weighted by Crippen LogP contribution is -2.27. The minimum atomic E-state index is 0.598. The molecule has 0 saturated carbocycles. The van der Waals surface area contributed by atoms with Crippen molar-refractivity contribution in [1.82, 2.24) is 5.32 Å². The fourth-order valence-electron chi connectivity index (χ4n) is 3.77. The highest BCUT2D eigenvalue weighted by atomic mass is 35.5. The van der Waals surface area contributed by atoms with Crippen LogP contribution < -0.4 is 10.6 Å². The largest absolute Gasteiger partial charge is 0.384 e. The average molecular weight is 333 g/mol. The summed E-state index contributed by atoms with van der Waals surface area (Å²) in [5, 5.41) is 8.51. The van der Waals surface area contributed by atoms with Crippen LogP contribution in [0.25, 0.3) is 11.1 Å². The number of halogens is 2. The first-order chi connectivity index (χ1) is 10.6. The van der Waals surface area contributed by atoms with Gasteiger partial charge in [-0.25, -0.2) is 0 Å². The van der Waals surface area contributed by atoms with E-state index in [9.17, 15) is 0 Å². The summed E-state index contributed by atoms with van der Waals surface area (Å²) >= 11 is 12.4. The molecule has 0 unspecified atom stereocenters. The molecular weight excluding hydrogens is 315 g/mol. The molecule has 0 amide bonds. The Morgan fingerprint density at radius 2 is 1.91 bits per heavy atom. The van der Waals surface area contributed by atoms with Crippen molar-refractivity contribution in [2.75, 3.05) is 25.0 Å². The van der Waals surface area contributed by atoms with Crippen molar-refractivity contribution in [3.63, 3.8) is 0 Å². The van der Waals surface area contributed by atoms with Crippen molar-refractivity contribution >= 4 is 28.9 Å². The van der Waals surface area contributed by atoms with Gasteiger partial charge in [0.15, 0.2) is 0 Å². The summed E-state index contributed by atoms with van der Waals surface area (Å²) in [5.41, 5.74) is 6.22. The van der Waals surface area contributed by atoms with Crippen LogP contribution in [0.15, 0.2) is 30.3 Å². The van der Waals surface area contributed by atoms with Gasteiger partial charge < -0.3 is 10.6 Å². The second-order valence-electron chi connectivity index (χ2n) is 6.29. The molecule has 1 fully saturated rings. The zero-order valence-corrected chi connectivity index (χ0v) is 13.9. The summed E-state index contributed by atoms with van der Waals surface area (Å²) in [4.78, 5) is 0. The number of fused-ring (bicyclic) bond motifs is 3. The van der Waals surface area contributed by atoms with Crippen molar-refractivity contribution in [2.45, 2.75) is 12.8 Å². The Morgan fingerprint density at radius 1 is 1.05 bits per heavy atom. The minimum absolute atomic E-state index is 0.598. The summed E-state index contributed by atoms with van der Waals surface area (Å²) < 4.78 is 0. The van der Waals surface area contributed by atoms with Crippen LogP contribution in [0.3, 0.4) is 0 Å². The molecule has 1 saturated heterocycles. The van der Waals surface area contributed by atoms with E-state index in [4.69, 9.17) is 23.2 Å². The smallest absolute Gasteiger partial charge is 0.0499 e. The zero-order chi connectivity index (χ0) is 15.3. The number of benzene rings is 2. The Balaban J connectivity index is 1.85. The van der Waals surface area contributed by atoms with Gasteiger partial charge >= 0.3 is 0 Å². The van der Waals surface area contributed by atoms with E-state index in [1.165, 1.54) is 22.4 Å². The van der Waals surface area contributed by atoms with Gasteiger partial charge in [0, 0.05) is 46.8 Å². The van der Waals surface area contributed by atoms with Crippen LogP contribution in [0.2, 0.25) is 10.0 Å². The first-order valence-electron chi connectivity index (χ1n) is 7.68. The van der Waals surface area contributed by atoms with Crippen LogP contribution in [0, 0.1) is 12.8 Å². The molecular formula is C18H18Cl2N2. The van der Waals surface area contributed by atoms with Crippen LogP contribution in [0.4, 0.5) is 5.69 Å². The molecule has 2 aliphatic heterocycles. The maximum Gasteiger partial charge on any atom is 0.0499 e. The third-order valence-corrected chi connectivity index (χ3v) is 5.44. The van der Waals surface area contributed by atoms with Crippen LogP contribution in [-0.4, -0.2) is 19.6 Å². The Morgan fingerprint density at radius 3 is 2.73 bits per heavy atom. The summed E-state index contributed by atoms with van der Waals surface area (Å²) in [6, 6.07) is 10.2. The normalized spacial score (nSPS) is 22.9. The summed E-state index contributed by atoms with van der Waals surface area (Å²) in [6.45, 7) is 5.40. The minimum Gasteiger partial charge on any atom is -0.384 e. The Labute approximate surface area is 140 Å². The quantitative estimate of drug-likeness (QED) is 0.791. The Hall–Kier alpha value is -1.22. The van der Waals surface area contributed by atoms with E-state index in [0.717, 1.165) is 25.2 Å². The molecule has 22 heavy (non-hydrogen) atoms. The lowest BCUT2D eigenvalue weighted by molar-refractivity contribution is 0.529. The SMILES string of the molecule is Cc1cc(-c2ccc(Cl)cc2Cl)cc2c1NC[C@@H]1CNC[C@H]21. The van der Waals surface area contributed by atoms with Gasteiger partial charge in [-0.2, -0.15) is 0 Å². The molecule has 4 rings (SSSR count). The standard InChI is InChI=1S/C18H18Cl2N2/c1-10-4-11(14-3-2-13(19)6-17(14)20)5-15-16-9-21-7-12(16)8-22-18(10)15/h2-6,12,16,21-22H,7-9H2,1H3/t12-,16-/m0/s1. The highest BCUT2D eigenvalue weighted by molar-refractivity contribution is 6.36. The zero-order valence-electron chi connectivity index (χ0n) is 12.4. The molecule has 2 heterocycles. The van der Waals surface area contributed by atoms with Crippen molar-refractivity contribution in [3.05, 3.63) is 51.5 Å². The third-order valence-electron chi connectivity index (χ3n) is 4.89. The van der Waals surface area contributed by atoms with Crippen LogP contribution >= 0.6 is 23.2 Å². The monoisotopic (exact) mass is 332 g/mol. The van der Waals surface area contributed by atoms with Gasteiger partial charge in [-0.15, -0.1) is 0 Å². The van der Waals surface area contributed by atoms with Crippen molar-refractivity contribution in [1.29, 1.82) is 0 Å². The first kappa shape index (κ1) is 14.4. The molecule has 0 radical (unpaired) electrons. The van der Waals surface area contributed by atoms with Crippen molar-refractivity contribution in [3.8, 4) is 11.1 Å². The Kier molecular flexibility index (Phi) is 3.56. The molecule has 2 atom stereocenters. The third kappa shape index (κ3) is 2.30. The molecule has 4 heteroatoms. The summed E-state index contributed by atoms with van der Waals surface area (Å²) in [7, 11) is 0. The van der Waals surface area contributed by atoms with Gasteiger partial charge in [-0.05, 0) is 53.8 Å². The maximum absolute atomic E-state index is 6.40. The molecule has 2 aliphatic rings. The second kappa shape index (κ2) is 5.45. The van der Waals surface area contributed by atoms with Gasteiger partial charge in [0.05, 0.1) is 0 Å². The van der Waals surface area contributed by atoms with E-state index < -0.39 is 0 Å².